The summed E-state index contributed by atoms with van der Waals surface area (Å²) < 4.78 is 34.6. The fourth-order valence-electron chi connectivity index (χ4n) is 4.59. The molecule has 13 nitrogen and oxygen atoms in total. The summed E-state index contributed by atoms with van der Waals surface area (Å²) in [5, 5.41) is 12.7. The van der Waals surface area contributed by atoms with E-state index in [-0.39, 0.29) is 36.0 Å². The molecule has 228 valence electrons. The second kappa shape index (κ2) is 13.2. The van der Waals surface area contributed by atoms with Gasteiger partial charge in [-0.3, -0.25) is 14.6 Å². The van der Waals surface area contributed by atoms with Crippen molar-refractivity contribution in [3.8, 4) is 0 Å². The smallest absolute Gasteiger partial charge is 0.408 e. The second-order valence-electron chi connectivity index (χ2n) is 11.4. The van der Waals surface area contributed by atoms with Crippen molar-refractivity contribution >= 4 is 38.8 Å². The van der Waals surface area contributed by atoms with E-state index in [2.05, 4.69) is 15.2 Å². The van der Waals surface area contributed by atoms with Gasteiger partial charge in [0.2, 0.25) is 5.91 Å². The molecule has 3 rings (SSSR count). The Balaban J connectivity index is 1.85. The summed E-state index contributed by atoms with van der Waals surface area (Å²) in [6.45, 7) is 11.0. The molecule has 1 atom stereocenters. The number of aryl methyl sites for hydroxylation is 1. The van der Waals surface area contributed by atoms with Crippen LogP contribution >= 0.6 is 0 Å². The third-order valence-electron chi connectivity index (χ3n) is 7.14. The number of hydrogen-bond acceptors (Lipinski definition) is 10. The first-order chi connectivity index (χ1) is 19.1. The number of carbonyl (C=O) groups excluding carboxylic acids is 1. The Morgan fingerprint density at radius 1 is 1.22 bits per heavy atom. The Hall–Kier alpha value is -3.23. The fourth-order valence-corrected chi connectivity index (χ4v) is 5.25. The summed E-state index contributed by atoms with van der Waals surface area (Å²) in [5.41, 5.74) is 0.112. The highest BCUT2D eigenvalue weighted by Gasteiger charge is 2.28. The number of carbonyl (C=O) groups is 2. The maximum absolute atomic E-state index is 13.3. The molecule has 2 aromatic rings. The van der Waals surface area contributed by atoms with Gasteiger partial charge in [-0.25, -0.2) is 18.0 Å². The zero-order valence-electron chi connectivity index (χ0n) is 24.6. The average molecular weight is 596 g/mol. The maximum Gasteiger partial charge on any atom is 0.408 e. The quantitative estimate of drug-likeness (QED) is 0.389. The van der Waals surface area contributed by atoms with E-state index < -0.39 is 33.1 Å². The largest absolute Gasteiger partial charge is 0.465 e. The van der Waals surface area contributed by atoms with Gasteiger partial charge in [-0.15, -0.1) is 0 Å². The number of carboxylic acid groups (broad SMARTS) is 1. The summed E-state index contributed by atoms with van der Waals surface area (Å²) in [5.74, 6) is -0.601. The van der Waals surface area contributed by atoms with Crippen LogP contribution in [0.3, 0.4) is 0 Å². The van der Waals surface area contributed by atoms with Crippen molar-refractivity contribution < 1.29 is 32.3 Å². The number of ether oxygens (including phenoxy) is 1. The molecule has 1 fully saturated rings. The predicted molar refractivity (Wildman–Crippen MR) is 155 cm³/mol. The second-order valence-corrected chi connectivity index (χ2v) is 13.7. The van der Waals surface area contributed by atoms with Gasteiger partial charge in [0.05, 0.1) is 29.9 Å². The molecule has 0 spiro atoms. The molecule has 2 amide bonds. The van der Waals surface area contributed by atoms with Gasteiger partial charge in [-0.1, -0.05) is 6.07 Å². The van der Waals surface area contributed by atoms with Crippen molar-refractivity contribution in [2.75, 3.05) is 63.8 Å². The molecule has 0 radical (unpaired) electrons. The minimum atomic E-state index is -3.37. The zero-order chi connectivity index (χ0) is 30.5. The lowest BCUT2D eigenvalue weighted by atomic mass is 10.0. The number of morpholine rings is 1. The number of amides is 2. The molecule has 1 aromatic heterocycles. The normalized spacial score (nSPS) is 15.5. The third-order valence-corrected chi connectivity index (χ3v) is 8.12. The number of likely N-dealkylation sites (N-methyl/N-ethyl adjacent to an activating group) is 1. The van der Waals surface area contributed by atoms with Crippen LogP contribution in [0.25, 0.3) is 10.9 Å². The zero-order valence-corrected chi connectivity index (χ0v) is 25.4. The van der Waals surface area contributed by atoms with E-state index in [1.54, 1.807) is 46.9 Å². The number of nitrogens with zero attached hydrogens (tertiary/aromatic N) is 4. The molecule has 2 N–H and O–H groups in total. The van der Waals surface area contributed by atoms with Crippen molar-refractivity contribution in [2.24, 2.45) is 0 Å². The standard InChI is InChI=1S/C27H41N5O8S/c1-18-19(17-32(26(35)36)27(2,3)4)7-8-20-22(18)24(34)40-25(28-20)29-21(9-16-41(6,37)38)23(33)30(5)10-11-31-12-14-39-15-13-31/h7-8,21H,9-17H2,1-6H3,(H,28,29)(H,35,36)/t21-/m0/s1. The van der Waals surface area contributed by atoms with Gasteiger partial charge in [0.25, 0.3) is 6.01 Å². The van der Waals surface area contributed by atoms with Crippen LogP contribution in [0.15, 0.2) is 21.3 Å². The third kappa shape index (κ3) is 8.88. The first-order valence-corrected chi connectivity index (χ1v) is 15.6. The van der Waals surface area contributed by atoms with Crippen LogP contribution in [0.2, 0.25) is 0 Å². The number of fused-ring (bicyclic) bond motifs is 1. The molecule has 1 saturated heterocycles. The van der Waals surface area contributed by atoms with Crippen molar-refractivity contribution in [3.63, 3.8) is 0 Å². The van der Waals surface area contributed by atoms with Crippen molar-refractivity contribution in [2.45, 2.75) is 52.2 Å². The van der Waals surface area contributed by atoms with E-state index in [0.29, 0.717) is 42.9 Å². The first kappa shape index (κ1) is 32.3. The number of anilines is 1. The topological polar surface area (TPSA) is 163 Å². The van der Waals surface area contributed by atoms with Crippen LogP contribution in [0.1, 0.15) is 38.3 Å². The number of sulfone groups is 1. The number of aromatic nitrogens is 1. The average Bonchev–Trinajstić information content (AvgIpc) is 2.87. The van der Waals surface area contributed by atoms with Crippen LogP contribution < -0.4 is 10.9 Å². The molecule has 1 aliphatic rings. The van der Waals surface area contributed by atoms with E-state index in [1.165, 1.54) is 9.80 Å². The Morgan fingerprint density at radius 3 is 2.46 bits per heavy atom. The Labute approximate surface area is 240 Å². The molecular weight excluding hydrogens is 554 g/mol. The molecule has 0 bridgehead atoms. The van der Waals surface area contributed by atoms with E-state index >= 15 is 0 Å². The lowest BCUT2D eigenvalue weighted by molar-refractivity contribution is -0.131. The van der Waals surface area contributed by atoms with Gasteiger partial charge in [-0.05, 0) is 51.3 Å². The van der Waals surface area contributed by atoms with Gasteiger partial charge in [-0.2, -0.15) is 4.98 Å². The maximum atomic E-state index is 13.3. The molecule has 0 saturated carbocycles. The molecule has 0 aliphatic carbocycles. The number of rotatable bonds is 11. The minimum absolute atomic E-state index is 0.0429. The van der Waals surface area contributed by atoms with Gasteiger partial charge in [0.1, 0.15) is 15.9 Å². The van der Waals surface area contributed by atoms with Gasteiger partial charge >= 0.3 is 11.7 Å². The summed E-state index contributed by atoms with van der Waals surface area (Å²) in [6, 6.07) is 2.11. The Bertz CT molecular complexity index is 1410. The Kier molecular flexibility index (Phi) is 10.4. The lowest BCUT2D eigenvalue weighted by Crippen LogP contribution is -2.46. The summed E-state index contributed by atoms with van der Waals surface area (Å²) in [6.07, 6.45) is -0.0311. The van der Waals surface area contributed by atoms with E-state index in [1.807, 2.05) is 0 Å². The predicted octanol–water partition coefficient (Wildman–Crippen LogP) is 1.78. The van der Waals surface area contributed by atoms with Crippen molar-refractivity contribution in [1.29, 1.82) is 0 Å². The van der Waals surface area contributed by atoms with Crippen LogP contribution in [0.4, 0.5) is 10.8 Å². The Morgan fingerprint density at radius 2 is 1.88 bits per heavy atom. The number of benzene rings is 1. The highest BCUT2D eigenvalue weighted by atomic mass is 32.2. The van der Waals surface area contributed by atoms with Crippen molar-refractivity contribution in [1.82, 2.24) is 19.7 Å². The lowest BCUT2D eigenvalue weighted by Gasteiger charge is -2.33. The van der Waals surface area contributed by atoms with Gasteiger partial charge in [0, 0.05) is 51.6 Å². The monoisotopic (exact) mass is 595 g/mol. The summed E-state index contributed by atoms with van der Waals surface area (Å²) in [4.78, 5) is 47.6. The first-order valence-electron chi connectivity index (χ1n) is 13.5. The van der Waals surface area contributed by atoms with Crippen LogP contribution in [0.5, 0.6) is 0 Å². The van der Waals surface area contributed by atoms with Crippen LogP contribution in [0, 0.1) is 6.92 Å². The number of nitrogens with one attached hydrogen (secondary N) is 1. The number of hydrogen-bond donors (Lipinski definition) is 2. The highest BCUT2D eigenvalue weighted by Crippen LogP contribution is 2.24. The molecule has 41 heavy (non-hydrogen) atoms. The molecule has 1 aromatic carbocycles. The molecular formula is C27H41N5O8S. The highest BCUT2D eigenvalue weighted by molar-refractivity contribution is 7.90. The van der Waals surface area contributed by atoms with E-state index in [0.717, 1.165) is 19.3 Å². The molecule has 14 heteroatoms. The van der Waals surface area contributed by atoms with Crippen molar-refractivity contribution in [3.05, 3.63) is 33.7 Å². The summed E-state index contributed by atoms with van der Waals surface area (Å²) in [7, 11) is -1.73. The SMILES string of the molecule is Cc1c(CN(C(=O)O)C(C)(C)C)ccc2nc(N[C@@H](CCS(C)(=O)=O)C(=O)N(C)CCN3CCOCC3)oc(=O)c12. The van der Waals surface area contributed by atoms with E-state index in [9.17, 15) is 27.9 Å². The molecule has 2 heterocycles. The summed E-state index contributed by atoms with van der Waals surface area (Å²) >= 11 is 0. The molecule has 0 unspecified atom stereocenters. The van der Waals surface area contributed by atoms with E-state index in [4.69, 9.17) is 9.15 Å². The van der Waals surface area contributed by atoms with Gasteiger partial charge < -0.3 is 24.5 Å². The minimum Gasteiger partial charge on any atom is -0.465 e. The molecule has 1 aliphatic heterocycles. The van der Waals surface area contributed by atoms with Crippen LogP contribution in [-0.4, -0.2) is 115 Å². The van der Waals surface area contributed by atoms with Crippen LogP contribution in [-0.2, 0) is 25.9 Å². The fraction of sp³-hybridized carbons (Fsp3) is 0.630. The van der Waals surface area contributed by atoms with Gasteiger partial charge in [0.15, 0.2) is 0 Å².